The molecule has 1 saturated heterocycles. The summed E-state index contributed by atoms with van der Waals surface area (Å²) in [5.41, 5.74) is 1.37. The third-order valence-electron chi connectivity index (χ3n) is 3.99. The highest BCUT2D eigenvalue weighted by atomic mass is 16.2. The van der Waals surface area contributed by atoms with Crippen molar-refractivity contribution in [2.24, 2.45) is 0 Å². The van der Waals surface area contributed by atoms with Crippen LogP contribution in [0.2, 0.25) is 0 Å². The summed E-state index contributed by atoms with van der Waals surface area (Å²) < 4.78 is 0. The fourth-order valence-electron chi connectivity index (χ4n) is 2.97. The summed E-state index contributed by atoms with van der Waals surface area (Å²) in [5, 5.41) is 0. The molecule has 0 bridgehead atoms. The zero-order valence-electron chi connectivity index (χ0n) is 12.0. The van der Waals surface area contributed by atoms with E-state index in [-0.39, 0.29) is 5.91 Å². The molecule has 1 aliphatic heterocycles. The lowest BCUT2D eigenvalue weighted by molar-refractivity contribution is -0.131. The molecule has 2 rings (SSSR count). The van der Waals surface area contributed by atoms with E-state index in [1.165, 1.54) is 5.56 Å². The van der Waals surface area contributed by atoms with E-state index in [0.29, 0.717) is 6.04 Å². The fraction of sp³-hybridized carbons (Fsp3) is 0.562. The van der Waals surface area contributed by atoms with Crippen molar-refractivity contribution in [1.82, 2.24) is 9.80 Å². The van der Waals surface area contributed by atoms with Crippen molar-refractivity contribution in [3.8, 4) is 0 Å². The van der Waals surface area contributed by atoms with Crippen molar-refractivity contribution < 1.29 is 4.79 Å². The highest BCUT2D eigenvalue weighted by Crippen LogP contribution is 2.18. The average molecular weight is 260 g/mol. The van der Waals surface area contributed by atoms with E-state index in [0.717, 1.165) is 39.0 Å². The smallest absolute Gasteiger partial charge is 0.219 e. The van der Waals surface area contributed by atoms with Gasteiger partial charge in [0, 0.05) is 39.1 Å². The van der Waals surface area contributed by atoms with Crippen LogP contribution in [0.15, 0.2) is 30.3 Å². The number of hydrogen-bond acceptors (Lipinski definition) is 2. The van der Waals surface area contributed by atoms with Crippen LogP contribution in [0.1, 0.15) is 32.3 Å². The fourth-order valence-corrected chi connectivity index (χ4v) is 2.97. The van der Waals surface area contributed by atoms with Gasteiger partial charge in [-0.05, 0) is 25.3 Å². The maximum Gasteiger partial charge on any atom is 0.219 e. The van der Waals surface area contributed by atoms with Gasteiger partial charge >= 0.3 is 0 Å². The van der Waals surface area contributed by atoms with Crippen molar-refractivity contribution in [1.29, 1.82) is 0 Å². The predicted octanol–water partition coefficient (Wildman–Crippen LogP) is 2.52. The van der Waals surface area contributed by atoms with Gasteiger partial charge in [-0.1, -0.05) is 30.3 Å². The first-order valence-electron chi connectivity index (χ1n) is 7.24. The summed E-state index contributed by atoms with van der Waals surface area (Å²) >= 11 is 0. The first-order valence-corrected chi connectivity index (χ1v) is 7.24. The SMILES string of the molecule is CCN(C(C)=O)C1CCN(Cc2ccccc2)CC1. The molecular weight excluding hydrogens is 236 g/mol. The van der Waals surface area contributed by atoms with E-state index in [4.69, 9.17) is 0 Å². The molecule has 0 N–H and O–H groups in total. The van der Waals surface area contributed by atoms with Crippen LogP contribution in [0, 0.1) is 0 Å². The zero-order chi connectivity index (χ0) is 13.7. The van der Waals surface area contributed by atoms with Crippen molar-refractivity contribution in [3.05, 3.63) is 35.9 Å². The zero-order valence-corrected chi connectivity index (χ0v) is 12.0. The minimum Gasteiger partial charge on any atom is -0.340 e. The largest absolute Gasteiger partial charge is 0.340 e. The summed E-state index contributed by atoms with van der Waals surface area (Å²) in [4.78, 5) is 16.1. The van der Waals surface area contributed by atoms with E-state index >= 15 is 0 Å². The van der Waals surface area contributed by atoms with Crippen LogP contribution in [0.4, 0.5) is 0 Å². The van der Waals surface area contributed by atoms with E-state index in [1.54, 1.807) is 6.92 Å². The topological polar surface area (TPSA) is 23.6 Å². The van der Waals surface area contributed by atoms with Crippen LogP contribution < -0.4 is 0 Å². The number of nitrogens with zero attached hydrogens (tertiary/aromatic N) is 2. The summed E-state index contributed by atoms with van der Waals surface area (Å²) in [7, 11) is 0. The normalized spacial score (nSPS) is 17.4. The van der Waals surface area contributed by atoms with Crippen LogP contribution in [-0.4, -0.2) is 41.4 Å². The predicted molar refractivity (Wildman–Crippen MR) is 77.8 cm³/mol. The Labute approximate surface area is 116 Å². The van der Waals surface area contributed by atoms with Gasteiger partial charge in [-0.2, -0.15) is 0 Å². The maximum absolute atomic E-state index is 11.6. The minimum absolute atomic E-state index is 0.212. The van der Waals surface area contributed by atoms with Crippen molar-refractivity contribution >= 4 is 5.91 Å². The molecule has 1 heterocycles. The number of rotatable bonds is 4. The molecule has 1 aromatic rings. The molecule has 19 heavy (non-hydrogen) atoms. The molecule has 1 amide bonds. The molecule has 1 fully saturated rings. The van der Waals surface area contributed by atoms with Gasteiger partial charge in [0.1, 0.15) is 0 Å². The molecule has 0 unspecified atom stereocenters. The summed E-state index contributed by atoms with van der Waals surface area (Å²) in [6.07, 6.45) is 2.19. The van der Waals surface area contributed by atoms with Crippen LogP contribution in [-0.2, 0) is 11.3 Å². The highest BCUT2D eigenvalue weighted by Gasteiger charge is 2.24. The average Bonchev–Trinajstić information content (AvgIpc) is 2.42. The van der Waals surface area contributed by atoms with Gasteiger partial charge in [0.2, 0.25) is 5.91 Å². The van der Waals surface area contributed by atoms with E-state index < -0.39 is 0 Å². The van der Waals surface area contributed by atoms with Gasteiger partial charge < -0.3 is 4.90 Å². The number of hydrogen-bond donors (Lipinski definition) is 0. The molecule has 0 aromatic heterocycles. The standard InChI is InChI=1S/C16H24N2O/c1-3-18(14(2)19)16-9-11-17(12-10-16)13-15-7-5-4-6-8-15/h4-8,16H,3,9-13H2,1-2H3. The minimum atomic E-state index is 0.212. The highest BCUT2D eigenvalue weighted by molar-refractivity contribution is 5.73. The van der Waals surface area contributed by atoms with Gasteiger partial charge in [0.05, 0.1) is 0 Å². The first-order chi connectivity index (χ1) is 9.20. The number of carbonyl (C=O) groups excluding carboxylic acids is 1. The third-order valence-corrected chi connectivity index (χ3v) is 3.99. The number of piperidine rings is 1. The lowest BCUT2D eigenvalue weighted by Gasteiger charge is -2.37. The van der Waals surface area contributed by atoms with E-state index in [1.807, 2.05) is 4.90 Å². The molecule has 1 aromatic carbocycles. The second-order valence-corrected chi connectivity index (χ2v) is 5.30. The maximum atomic E-state index is 11.6. The number of amides is 1. The molecule has 0 aliphatic carbocycles. The second-order valence-electron chi connectivity index (χ2n) is 5.30. The van der Waals surface area contributed by atoms with Crippen LogP contribution in [0.5, 0.6) is 0 Å². The van der Waals surface area contributed by atoms with E-state index in [2.05, 4.69) is 42.2 Å². The van der Waals surface area contributed by atoms with Gasteiger partial charge in [0.15, 0.2) is 0 Å². The molecule has 1 aliphatic rings. The second kappa shape index (κ2) is 6.71. The van der Waals surface area contributed by atoms with Crippen LogP contribution in [0.25, 0.3) is 0 Å². The Morgan fingerprint density at radius 1 is 1.26 bits per heavy atom. The Morgan fingerprint density at radius 3 is 2.42 bits per heavy atom. The number of likely N-dealkylation sites (tertiary alicyclic amines) is 1. The number of carbonyl (C=O) groups is 1. The molecular formula is C16H24N2O. The van der Waals surface area contributed by atoms with Gasteiger partial charge in [-0.15, -0.1) is 0 Å². The van der Waals surface area contributed by atoms with Crippen molar-refractivity contribution in [2.45, 2.75) is 39.3 Å². The quantitative estimate of drug-likeness (QED) is 0.830. The molecule has 104 valence electrons. The Balaban J connectivity index is 1.84. The molecule has 0 radical (unpaired) electrons. The summed E-state index contributed by atoms with van der Waals surface area (Å²) in [6, 6.07) is 11.0. The van der Waals surface area contributed by atoms with Gasteiger partial charge in [-0.25, -0.2) is 0 Å². The Kier molecular flexibility index (Phi) is 4.97. The Morgan fingerprint density at radius 2 is 1.89 bits per heavy atom. The molecule has 3 heteroatoms. The van der Waals surface area contributed by atoms with Crippen molar-refractivity contribution in [2.75, 3.05) is 19.6 Å². The van der Waals surface area contributed by atoms with Crippen molar-refractivity contribution in [3.63, 3.8) is 0 Å². The molecule has 0 saturated carbocycles. The monoisotopic (exact) mass is 260 g/mol. The summed E-state index contributed by atoms with van der Waals surface area (Å²) in [5.74, 6) is 0.212. The van der Waals surface area contributed by atoms with Crippen LogP contribution >= 0.6 is 0 Å². The van der Waals surface area contributed by atoms with Gasteiger partial charge in [-0.3, -0.25) is 9.69 Å². The Bertz CT molecular complexity index is 396. The van der Waals surface area contributed by atoms with Gasteiger partial charge in [0.25, 0.3) is 0 Å². The molecule has 0 atom stereocenters. The lowest BCUT2D eigenvalue weighted by atomic mass is 10.0. The molecule has 0 spiro atoms. The lowest BCUT2D eigenvalue weighted by Crippen LogP contribution is -2.46. The van der Waals surface area contributed by atoms with Crippen LogP contribution in [0.3, 0.4) is 0 Å². The third kappa shape index (κ3) is 3.80. The number of benzene rings is 1. The van der Waals surface area contributed by atoms with E-state index in [9.17, 15) is 4.79 Å². The Hall–Kier alpha value is -1.35. The summed E-state index contributed by atoms with van der Waals surface area (Å²) in [6.45, 7) is 7.78. The molecule has 3 nitrogen and oxygen atoms in total. The first kappa shape index (κ1) is 14.1.